The molecule has 2 aromatic rings. The van der Waals surface area contributed by atoms with Gasteiger partial charge in [-0.15, -0.1) is 0 Å². The molecule has 0 bridgehead atoms. The van der Waals surface area contributed by atoms with Crippen LogP contribution in [0, 0.1) is 5.92 Å². The van der Waals surface area contributed by atoms with E-state index in [4.69, 9.17) is 9.84 Å². The van der Waals surface area contributed by atoms with E-state index in [1.807, 2.05) is 36.4 Å². The number of alkyl carbamates (subject to hydrolysis) is 1. The first-order valence-corrected chi connectivity index (χ1v) is 10.1. The number of carboxylic acids is 1. The van der Waals surface area contributed by atoms with E-state index in [-0.39, 0.29) is 25.6 Å². The van der Waals surface area contributed by atoms with Crippen molar-refractivity contribution in [3.05, 3.63) is 59.7 Å². The molecule has 1 fully saturated rings. The third kappa shape index (κ3) is 4.45. The molecule has 2 N–H and O–H groups in total. The molecule has 2 aromatic carbocycles. The Kier molecular flexibility index (Phi) is 5.70. The first kappa shape index (κ1) is 19.9. The van der Waals surface area contributed by atoms with Crippen molar-refractivity contribution in [1.29, 1.82) is 0 Å². The van der Waals surface area contributed by atoms with Gasteiger partial charge in [0.2, 0.25) is 5.91 Å². The first-order valence-electron chi connectivity index (χ1n) is 10.1. The van der Waals surface area contributed by atoms with Crippen molar-refractivity contribution in [2.75, 3.05) is 26.2 Å². The van der Waals surface area contributed by atoms with Gasteiger partial charge in [-0.05, 0) is 41.0 Å². The largest absolute Gasteiger partial charge is 0.480 e. The molecule has 2 aliphatic carbocycles. The van der Waals surface area contributed by atoms with Crippen molar-refractivity contribution in [2.24, 2.45) is 5.92 Å². The Morgan fingerprint density at radius 1 is 1.00 bits per heavy atom. The van der Waals surface area contributed by atoms with Gasteiger partial charge >= 0.3 is 12.1 Å². The molecule has 1 saturated carbocycles. The highest BCUT2D eigenvalue weighted by atomic mass is 16.5. The molecule has 0 aromatic heterocycles. The number of carbonyl (C=O) groups excluding carboxylic acids is 2. The minimum absolute atomic E-state index is 0.0581. The Bertz CT molecular complexity index is 924. The van der Waals surface area contributed by atoms with Crippen molar-refractivity contribution in [1.82, 2.24) is 10.2 Å². The molecular formula is C23H24N2O5. The quantitative estimate of drug-likeness (QED) is 0.700. The number of nitrogens with zero attached hydrogens (tertiary/aromatic N) is 1. The highest BCUT2D eigenvalue weighted by Crippen LogP contribution is 2.44. The smallest absolute Gasteiger partial charge is 0.407 e. The highest BCUT2D eigenvalue weighted by molar-refractivity contribution is 5.85. The van der Waals surface area contributed by atoms with E-state index in [0.29, 0.717) is 12.5 Å². The molecule has 0 radical (unpaired) electrons. The van der Waals surface area contributed by atoms with E-state index in [0.717, 1.165) is 35.1 Å². The third-order valence-corrected chi connectivity index (χ3v) is 5.58. The Morgan fingerprint density at radius 3 is 2.17 bits per heavy atom. The van der Waals surface area contributed by atoms with Gasteiger partial charge in [0.25, 0.3) is 0 Å². The summed E-state index contributed by atoms with van der Waals surface area (Å²) in [5.41, 5.74) is 4.50. The Hall–Kier alpha value is -3.35. The van der Waals surface area contributed by atoms with Gasteiger partial charge in [0, 0.05) is 12.5 Å². The zero-order chi connectivity index (χ0) is 21.1. The lowest BCUT2D eigenvalue weighted by Crippen LogP contribution is -2.43. The molecule has 0 spiro atoms. The van der Waals surface area contributed by atoms with Crippen LogP contribution in [-0.2, 0) is 14.3 Å². The molecule has 7 nitrogen and oxygen atoms in total. The number of hydrogen-bond acceptors (Lipinski definition) is 4. The number of aliphatic carboxylic acids is 1. The van der Waals surface area contributed by atoms with E-state index < -0.39 is 18.0 Å². The van der Waals surface area contributed by atoms with Gasteiger partial charge < -0.3 is 20.1 Å². The van der Waals surface area contributed by atoms with Crippen LogP contribution < -0.4 is 5.32 Å². The molecule has 30 heavy (non-hydrogen) atoms. The van der Waals surface area contributed by atoms with E-state index in [1.54, 1.807) is 0 Å². The van der Waals surface area contributed by atoms with Gasteiger partial charge in [-0.1, -0.05) is 48.5 Å². The van der Waals surface area contributed by atoms with E-state index >= 15 is 0 Å². The molecule has 0 atom stereocenters. The molecule has 0 saturated heterocycles. The number of amides is 2. The van der Waals surface area contributed by atoms with Crippen LogP contribution in [0.5, 0.6) is 0 Å². The number of hydrogen-bond donors (Lipinski definition) is 2. The van der Waals surface area contributed by atoms with Crippen LogP contribution in [0.4, 0.5) is 4.79 Å². The Labute approximate surface area is 174 Å². The number of carboxylic acid groups (broad SMARTS) is 1. The third-order valence-electron chi connectivity index (χ3n) is 5.58. The molecule has 0 heterocycles. The molecule has 2 amide bonds. The summed E-state index contributed by atoms with van der Waals surface area (Å²) in [6.45, 7) is -0.0646. The SMILES string of the molecule is O=C(O)CN(CC1CC1)C(=O)CNC(=O)OCC1c2ccccc2-c2ccccc21. The van der Waals surface area contributed by atoms with Crippen LogP contribution in [-0.4, -0.2) is 54.2 Å². The normalized spacial score (nSPS) is 14.5. The summed E-state index contributed by atoms with van der Waals surface area (Å²) >= 11 is 0. The highest BCUT2D eigenvalue weighted by Gasteiger charge is 2.30. The fourth-order valence-electron chi connectivity index (χ4n) is 3.94. The predicted molar refractivity (Wildman–Crippen MR) is 110 cm³/mol. The van der Waals surface area contributed by atoms with E-state index in [9.17, 15) is 14.4 Å². The Balaban J connectivity index is 1.33. The van der Waals surface area contributed by atoms with Crippen molar-refractivity contribution < 1.29 is 24.2 Å². The summed E-state index contributed by atoms with van der Waals surface area (Å²) in [4.78, 5) is 36.8. The van der Waals surface area contributed by atoms with Crippen LogP contribution in [0.1, 0.15) is 29.9 Å². The predicted octanol–water partition coefficient (Wildman–Crippen LogP) is 2.85. The molecular weight excluding hydrogens is 384 g/mol. The van der Waals surface area contributed by atoms with Gasteiger partial charge in [0.05, 0.1) is 0 Å². The van der Waals surface area contributed by atoms with Crippen molar-refractivity contribution in [2.45, 2.75) is 18.8 Å². The van der Waals surface area contributed by atoms with E-state index in [1.165, 1.54) is 4.90 Å². The number of fused-ring (bicyclic) bond motifs is 3. The average molecular weight is 408 g/mol. The van der Waals surface area contributed by atoms with Crippen LogP contribution in [0.3, 0.4) is 0 Å². The lowest BCUT2D eigenvalue weighted by molar-refractivity contribution is -0.144. The van der Waals surface area contributed by atoms with Crippen molar-refractivity contribution >= 4 is 18.0 Å². The van der Waals surface area contributed by atoms with E-state index in [2.05, 4.69) is 17.4 Å². The van der Waals surface area contributed by atoms with Crippen LogP contribution in [0.15, 0.2) is 48.5 Å². The second-order valence-electron chi connectivity index (χ2n) is 7.79. The second-order valence-corrected chi connectivity index (χ2v) is 7.79. The molecule has 7 heteroatoms. The number of carbonyl (C=O) groups is 3. The second kappa shape index (κ2) is 8.57. The summed E-state index contributed by atoms with van der Waals surface area (Å²) in [6, 6.07) is 16.1. The van der Waals surface area contributed by atoms with Gasteiger partial charge in [-0.3, -0.25) is 9.59 Å². The van der Waals surface area contributed by atoms with Gasteiger partial charge in [0.15, 0.2) is 0 Å². The molecule has 0 unspecified atom stereocenters. The summed E-state index contributed by atoms with van der Waals surface area (Å²) < 4.78 is 5.41. The maximum absolute atomic E-state index is 12.3. The summed E-state index contributed by atoms with van der Waals surface area (Å²) in [5.74, 6) is -1.18. The molecule has 0 aliphatic heterocycles. The van der Waals surface area contributed by atoms with Gasteiger partial charge in [-0.2, -0.15) is 0 Å². The molecule has 4 rings (SSSR count). The van der Waals surface area contributed by atoms with Gasteiger partial charge in [-0.25, -0.2) is 4.79 Å². The minimum Gasteiger partial charge on any atom is -0.480 e. The topological polar surface area (TPSA) is 95.9 Å². The molecule has 156 valence electrons. The lowest BCUT2D eigenvalue weighted by atomic mass is 9.98. The maximum atomic E-state index is 12.3. The van der Waals surface area contributed by atoms with Crippen molar-refractivity contribution in [3.8, 4) is 11.1 Å². The zero-order valence-corrected chi connectivity index (χ0v) is 16.5. The standard InChI is InChI=1S/C23H24N2O5/c26-21(25(13-22(27)28)12-15-9-10-15)11-24-23(29)30-14-20-18-7-3-1-5-16(18)17-6-2-4-8-19(17)20/h1-8,15,20H,9-14H2,(H,24,29)(H,27,28). The number of nitrogens with one attached hydrogen (secondary N) is 1. The zero-order valence-electron chi connectivity index (χ0n) is 16.5. The lowest BCUT2D eigenvalue weighted by Gasteiger charge is -2.21. The number of ether oxygens (including phenoxy) is 1. The minimum atomic E-state index is -1.06. The fourth-order valence-corrected chi connectivity index (χ4v) is 3.94. The summed E-state index contributed by atoms with van der Waals surface area (Å²) in [6.07, 6.45) is 1.32. The van der Waals surface area contributed by atoms with Crippen molar-refractivity contribution in [3.63, 3.8) is 0 Å². The summed E-state index contributed by atoms with van der Waals surface area (Å²) in [5, 5.41) is 11.5. The summed E-state index contributed by atoms with van der Waals surface area (Å²) in [7, 11) is 0. The Morgan fingerprint density at radius 2 is 1.60 bits per heavy atom. The molecule has 2 aliphatic rings. The average Bonchev–Trinajstić information content (AvgIpc) is 3.50. The number of benzene rings is 2. The van der Waals surface area contributed by atoms with Crippen LogP contribution in [0.2, 0.25) is 0 Å². The van der Waals surface area contributed by atoms with Gasteiger partial charge in [0.1, 0.15) is 19.7 Å². The van der Waals surface area contributed by atoms with Crippen LogP contribution >= 0.6 is 0 Å². The van der Waals surface area contributed by atoms with Crippen LogP contribution in [0.25, 0.3) is 11.1 Å². The monoisotopic (exact) mass is 408 g/mol. The number of rotatable bonds is 8. The maximum Gasteiger partial charge on any atom is 0.407 e. The first-order chi connectivity index (χ1) is 14.5. The fraction of sp³-hybridized carbons (Fsp3) is 0.348.